The quantitative estimate of drug-likeness (QED) is 0.507. The maximum atomic E-state index is 5.23. The lowest BCUT2D eigenvalue weighted by Gasteiger charge is -2.10. The standard InChI is InChI=1S/C17H19N3S/c1-13-8-6-7-11-16(13)19-17(21)20-18-12-14(2)15-9-4-3-5-10-15/h3-12,14H,1-2H3,(H2,19,20,21)/b18-12-/t14-/m1/s1. The van der Waals surface area contributed by atoms with E-state index in [1.54, 1.807) is 0 Å². The Hall–Kier alpha value is -2.20. The highest BCUT2D eigenvalue weighted by Gasteiger charge is 2.01. The van der Waals surface area contributed by atoms with Crippen LogP contribution in [0.2, 0.25) is 0 Å². The smallest absolute Gasteiger partial charge is 0.191 e. The van der Waals surface area contributed by atoms with Gasteiger partial charge in [-0.05, 0) is 36.3 Å². The third kappa shape index (κ3) is 4.68. The highest BCUT2D eigenvalue weighted by atomic mass is 32.1. The van der Waals surface area contributed by atoms with Crippen LogP contribution in [0.25, 0.3) is 0 Å². The van der Waals surface area contributed by atoms with E-state index in [4.69, 9.17) is 12.2 Å². The molecule has 3 nitrogen and oxygen atoms in total. The lowest BCUT2D eigenvalue weighted by Crippen LogP contribution is -2.24. The van der Waals surface area contributed by atoms with E-state index in [0.29, 0.717) is 5.11 Å². The highest BCUT2D eigenvalue weighted by molar-refractivity contribution is 7.80. The molecule has 0 radical (unpaired) electrons. The van der Waals surface area contributed by atoms with E-state index in [1.807, 2.05) is 55.6 Å². The summed E-state index contributed by atoms with van der Waals surface area (Å²) >= 11 is 5.23. The van der Waals surface area contributed by atoms with Crippen LogP contribution >= 0.6 is 12.2 Å². The van der Waals surface area contributed by atoms with Crippen LogP contribution < -0.4 is 10.7 Å². The Labute approximate surface area is 131 Å². The van der Waals surface area contributed by atoms with Gasteiger partial charge in [-0.25, -0.2) is 0 Å². The van der Waals surface area contributed by atoms with E-state index in [9.17, 15) is 0 Å². The molecule has 1 atom stereocenters. The molecule has 2 aromatic carbocycles. The van der Waals surface area contributed by atoms with Gasteiger partial charge in [0.25, 0.3) is 0 Å². The second kappa shape index (κ2) is 7.55. The summed E-state index contributed by atoms with van der Waals surface area (Å²) in [4.78, 5) is 0. The number of thiocarbonyl (C=S) groups is 1. The molecular formula is C17H19N3S. The van der Waals surface area contributed by atoms with Gasteiger partial charge in [0.2, 0.25) is 0 Å². The first kappa shape index (κ1) is 15.2. The molecule has 0 fully saturated rings. The average molecular weight is 297 g/mol. The summed E-state index contributed by atoms with van der Waals surface area (Å²) in [5.74, 6) is 0.236. The minimum absolute atomic E-state index is 0.236. The van der Waals surface area contributed by atoms with Gasteiger partial charge in [-0.1, -0.05) is 55.5 Å². The van der Waals surface area contributed by atoms with E-state index in [2.05, 4.69) is 34.9 Å². The van der Waals surface area contributed by atoms with Crippen molar-refractivity contribution in [3.8, 4) is 0 Å². The number of para-hydroxylation sites is 1. The minimum atomic E-state index is 0.236. The molecule has 2 N–H and O–H groups in total. The van der Waals surface area contributed by atoms with Gasteiger partial charge in [-0.3, -0.25) is 5.43 Å². The number of benzene rings is 2. The molecule has 0 spiro atoms. The second-order valence-corrected chi connectivity index (χ2v) is 5.27. The molecule has 4 heteroatoms. The molecular weight excluding hydrogens is 278 g/mol. The third-order valence-electron chi connectivity index (χ3n) is 3.18. The van der Waals surface area contributed by atoms with Crippen LogP contribution in [0.15, 0.2) is 59.7 Å². The Morgan fingerprint density at radius 1 is 1.10 bits per heavy atom. The van der Waals surface area contributed by atoms with Crippen LogP contribution in [0.1, 0.15) is 24.0 Å². The van der Waals surface area contributed by atoms with Crippen molar-refractivity contribution in [2.45, 2.75) is 19.8 Å². The molecule has 0 aliphatic carbocycles. The third-order valence-corrected chi connectivity index (χ3v) is 3.38. The van der Waals surface area contributed by atoms with Crippen LogP contribution in [0.5, 0.6) is 0 Å². The van der Waals surface area contributed by atoms with Crippen molar-refractivity contribution in [3.05, 3.63) is 65.7 Å². The summed E-state index contributed by atoms with van der Waals surface area (Å²) in [7, 11) is 0. The van der Waals surface area contributed by atoms with Crippen molar-refractivity contribution in [2.24, 2.45) is 5.10 Å². The predicted molar refractivity (Wildman–Crippen MR) is 93.9 cm³/mol. The molecule has 108 valence electrons. The van der Waals surface area contributed by atoms with E-state index >= 15 is 0 Å². The summed E-state index contributed by atoms with van der Waals surface area (Å²) in [6.45, 7) is 4.13. The summed E-state index contributed by atoms with van der Waals surface area (Å²) < 4.78 is 0. The maximum absolute atomic E-state index is 5.23. The Morgan fingerprint density at radius 3 is 2.48 bits per heavy atom. The van der Waals surface area contributed by atoms with E-state index in [0.717, 1.165) is 11.3 Å². The SMILES string of the molecule is Cc1ccccc1NC(=S)N/N=C\[C@@H](C)c1ccccc1. The lowest BCUT2D eigenvalue weighted by molar-refractivity contribution is 0.983. The summed E-state index contributed by atoms with van der Waals surface area (Å²) in [5.41, 5.74) is 6.20. The van der Waals surface area contributed by atoms with Crippen LogP contribution in [0, 0.1) is 6.92 Å². The lowest BCUT2D eigenvalue weighted by atomic mass is 10.0. The molecule has 2 rings (SSSR count). The zero-order chi connectivity index (χ0) is 15.1. The molecule has 0 amide bonds. The molecule has 0 saturated carbocycles. The van der Waals surface area contributed by atoms with Crippen molar-refractivity contribution in [1.29, 1.82) is 0 Å². The van der Waals surface area contributed by atoms with Gasteiger partial charge in [-0.15, -0.1) is 0 Å². The fourth-order valence-corrected chi connectivity index (χ4v) is 2.08. The predicted octanol–water partition coefficient (Wildman–Crippen LogP) is 4.07. The number of hydrogen-bond acceptors (Lipinski definition) is 2. The van der Waals surface area contributed by atoms with Gasteiger partial charge < -0.3 is 5.32 Å². The Balaban J connectivity index is 1.87. The molecule has 0 aromatic heterocycles. The molecule has 0 saturated heterocycles. The first-order valence-electron chi connectivity index (χ1n) is 6.87. The van der Waals surface area contributed by atoms with Crippen LogP contribution in [0.4, 0.5) is 5.69 Å². The molecule has 0 bridgehead atoms. The molecule has 2 aromatic rings. The molecule has 0 aliphatic rings. The number of hydrogen-bond donors (Lipinski definition) is 2. The molecule has 21 heavy (non-hydrogen) atoms. The van der Waals surface area contributed by atoms with Crippen molar-refractivity contribution >= 4 is 29.2 Å². The van der Waals surface area contributed by atoms with Crippen molar-refractivity contribution in [2.75, 3.05) is 5.32 Å². The zero-order valence-electron chi connectivity index (χ0n) is 12.2. The Kier molecular flexibility index (Phi) is 5.46. The summed E-state index contributed by atoms with van der Waals surface area (Å²) in [6, 6.07) is 18.2. The first-order chi connectivity index (χ1) is 10.2. The first-order valence-corrected chi connectivity index (χ1v) is 7.28. The van der Waals surface area contributed by atoms with Crippen LogP contribution in [-0.4, -0.2) is 11.3 Å². The Bertz CT molecular complexity index is 623. The van der Waals surface area contributed by atoms with Crippen molar-refractivity contribution < 1.29 is 0 Å². The normalized spacial score (nSPS) is 12.1. The maximum Gasteiger partial charge on any atom is 0.191 e. The van der Waals surface area contributed by atoms with Crippen molar-refractivity contribution in [1.82, 2.24) is 5.43 Å². The number of rotatable bonds is 4. The van der Waals surface area contributed by atoms with Gasteiger partial charge >= 0.3 is 0 Å². The largest absolute Gasteiger partial charge is 0.331 e. The van der Waals surface area contributed by atoms with Crippen LogP contribution in [0.3, 0.4) is 0 Å². The van der Waals surface area contributed by atoms with E-state index in [1.165, 1.54) is 5.56 Å². The topological polar surface area (TPSA) is 36.4 Å². The van der Waals surface area contributed by atoms with Gasteiger partial charge in [0.1, 0.15) is 0 Å². The number of aryl methyl sites for hydroxylation is 1. The molecule has 0 heterocycles. The highest BCUT2D eigenvalue weighted by Crippen LogP contribution is 2.13. The van der Waals surface area contributed by atoms with Crippen molar-refractivity contribution in [3.63, 3.8) is 0 Å². The van der Waals surface area contributed by atoms with Gasteiger partial charge in [0.05, 0.1) is 0 Å². The van der Waals surface area contributed by atoms with Crippen LogP contribution in [-0.2, 0) is 0 Å². The Morgan fingerprint density at radius 2 is 1.76 bits per heavy atom. The minimum Gasteiger partial charge on any atom is -0.331 e. The molecule has 0 aliphatic heterocycles. The molecule has 0 unspecified atom stereocenters. The summed E-state index contributed by atoms with van der Waals surface area (Å²) in [6.07, 6.45) is 1.85. The number of nitrogens with one attached hydrogen (secondary N) is 2. The average Bonchev–Trinajstić information content (AvgIpc) is 2.50. The van der Waals surface area contributed by atoms with Gasteiger partial charge in [0, 0.05) is 17.8 Å². The number of nitrogens with zero attached hydrogens (tertiary/aromatic N) is 1. The van der Waals surface area contributed by atoms with Gasteiger partial charge in [0.15, 0.2) is 5.11 Å². The number of anilines is 1. The van der Waals surface area contributed by atoms with E-state index < -0.39 is 0 Å². The zero-order valence-corrected chi connectivity index (χ0v) is 13.0. The fraction of sp³-hybridized carbons (Fsp3) is 0.176. The van der Waals surface area contributed by atoms with Gasteiger partial charge in [-0.2, -0.15) is 5.10 Å². The fourth-order valence-electron chi connectivity index (χ4n) is 1.91. The summed E-state index contributed by atoms with van der Waals surface area (Å²) in [5, 5.41) is 7.81. The van der Waals surface area contributed by atoms with E-state index in [-0.39, 0.29) is 5.92 Å². The monoisotopic (exact) mass is 297 g/mol. The number of hydrazone groups is 1. The second-order valence-electron chi connectivity index (χ2n) is 4.86.